The number of hydrogen-bond acceptors (Lipinski definition) is 6. The Balaban J connectivity index is 2.15. The van der Waals surface area contributed by atoms with E-state index in [2.05, 4.69) is 15.1 Å². The maximum atomic E-state index is 12.3. The molecule has 23 heavy (non-hydrogen) atoms. The summed E-state index contributed by atoms with van der Waals surface area (Å²) in [5.41, 5.74) is 2.03. The summed E-state index contributed by atoms with van der Waals surface area (Å²) in [4.78, 5) is 31.1. The number of nitrogens with one attached hydrogen (secondary N) is 1. The van der Waals surface area contributed by atoms with Gasteiger partial charge < -0.3 is 14.2 Å². The van der Waals surface area contributed by atoms with E-state index in [1.54, 1.807) is 20.8 Å². The first-order chi connectivity index (χ1) is 10.8. The van der Waals surface area contributed by atoms with Crippen molar-refractivity contribution in [1.29, 1.82) is 0 Å². The second kappa shape index (κ2) is 6.76. The van der Waals surface area contributed by atoms with Crippen molar-refractivity contribution < 1.29 is 18.8 Å². The maximum Gasteiger partial charge on any atom is 0.355 e. The topological polar surface area (TPSA) is 98.1 Å². The number of nitrogens with zero attached hydrogens (tertiary/aromatic N) is 2. The van der Waals surface area contributed by atoms with Gasteiger partial charge in [0.2, 0.25) is 0 Å². The smallest absolute Gasteiger partial charge is 0.355 e. The lowest BCUT2D eigenvalue weighted by molar-refractivity contribution is 0.0258. The molecule has 0 aromatic carbocycles. The zero-order chi connectivity index (χ0) is 17.1. The Labute approximate surface area is 134 Å². The molecule has 0 amide bonds. The van der Waals surface area contributed by atoms with E-state index >= 15 is 0 Å². The molecule has 0 unspecified atom stereocenters. The van der Waals surface area contributed by atoms with Gasteiger partial charge in [0.25, 0.3) is 5.89 Å². The maximum absolute atomic E-state index is 12.3. The van der Waals surface area contributed by atoms with Crippen LogP contribution in [0.2, 0.25) is 0 Å². The Morgan fingerprint density at radius 1 is 1.35 bits per heavy atom. The molecule has 0 aliphatic rings. The number of carbonyl (C=O) groups excluding carboxylic acids is 2. The molecule has 0 fully saturated rings. The Kier molecular flexibility index (Phi) is 4.98. The third-order valence-corrected chi connectivity index (χ3v) is 3.58. The summed E-state index contributed by atoms with van der Waals surface area (Å²) in [6.45, 7) is 8.61. The van der Waals surface area contributed by atoms with Gasteiger partial charge in [0.1, 0.15) is 5.69 Å². The van der Waals surface area contributed by atoms with Crippen molar-refractivity contribution >= 4 is 11.8 Å². The van der Waals surface area contributed by atoms with E-state index in [9.17, 15) is 9.59 Å². The molecule has 0 spiro atoms. The number of esters is 1. The van der Waals surface area contributed by atoms with Crippen LogP contribution in [0.25, 0.3) is 0 Å². The lowest BCUT2D eigenvalue weighted by atomic mass is 10.1. The first-order valence-corrected chi connectivity index (χ1v) is 7.58. The molecule has 0 bridgehead atoms. The fourth-order valence-corrected chi connectivity index (χ4v) is 2.51. The zero-order valence-corrected chi connectivity index (χ0v) is 14.0. The largest absolute Gasteiger partial charge is 0.448 e. The number of ketones is 1. The Bertz CT molecular complexity index is 730. The fraction of sp³-hybridized carbons (Fsp3) is 0.500. The predicted octanol–water partition coefficient (Wildman–Crippen LogP) is 3.09. The molecule has 1 N–H and O–H groups in total. The number of hydrogen-bond donors (Lipinski definition) is 1. The van der Waals surface area contributed by atoms with E-state index in [1.165, 1.54) is 6.92 Å². The number of ether oxygens (including phenoxy) is 1. The van der Waals surface area contributed by atoms with Gasteiger partial charge in [-0.15, -0.1) is 0 Å². The van der Waals surface area contributed by atoms with Crippen molar-refractivity contribution in [2.45, 2.75) is 53.6 Å². The van der Waals surface area contributed by atoms with Crippen LogP contribution in [-0.2, 0) is 11.2 Å². The number of Topliss-reactive ketones (excluding diaryl/α,β-unsaturated/α-hetero) is 1. The molecule has 0 saturated carbocycles. The van der Waals surface area contributed by atoms with Gasteiger partial charge in [-0.1, -0.05) is 12.1 Å². The summed E-state index contributed by atoms with van der Waals surface area (Å²) in [5, 5.41) is 3.84. The summed E-state index contributed by atoms with van der Waals surface area (Å²) in [6.07, 6.45) is 0.951. The molecule has 0 radical (unpaired) electrons. The zero-order valence-electron chi connectivity index (χ0n) is 14.0. The van der Waals surface area contributed by atoms with Crippen molar-refractivity contribution in [3.05, 3.63) is 34.2 Å². The average molecular weight is 319 g/mol. The summed E-state index contributed by atoms with van der Waals surface area (Å²) < 4.78 is 10.5. The van der Waals surface area contributed by atoms with Crippen LogP contribution in [0.5, 0.6) is 0 Å². The molecule has 2 heterocycles. The van der Waals surface area contributed by atoms with E-state index in [0.717, 1.165) is 6.42 Å². The highest BCUT2D eigenvalue weighted by atomic mass is 16.6. The highest BCUT2D eigenvalue weighted by Crippen LogP contribution is 2.22. The van der Waals surface area contributed by atoms with Gasteiger partial charge in [-0.2, -0.15) is 4.98 Å². The lowest BCUT2D eigenvalue weighted by Gasteiger charge is -2.08. The van der Waals surface area contributed by atoms with Crippen molar-refractivity contribution in [2.24, 2.45) is 0 Å². The molecule has 2 aromatic rings. The third-order valence-electron chi connectivity index (χ3n) is 3.58. The van der Waals surface area contributed by atoms with Gasteiger partial charge in [0, 0.05) is 17.7 Å². The van der Waals surface area contributed by atoms with E-state index in [4.69, 9.17) is 9.26 Å². The van der Waals surface area contributed by atoms with Gasteiger partial charge in [-0.3, -0.25) is 4.79 Å². The second-order valence-corrected chi connectivity index (χ2v) is 5.53. The Hall–Kier alpha value is -2.44. The Morgan fingerprint density at radius 2 is 2.04 bits per heavy atom. The monoisotopic (exact) mass is 319 g/mol. The fourth-order valence-electron chi connectivity index (χ4n) is 2.51. The van der Waals surface area contributed by atoms with Crippen LogP contribution in [0, 0.1) is 13.8 Å². The number of aromatic nitrogens is 3. The third kappa shape index (κ3) is 3.49. The predicted molar refractivity (Wildman–Crippen MR) is 82.4 cm³/mol. The SMILES string of the molecule is CCCc1noc([C@H](C)OC(=O)c2[nH]c(C)c(C(C)=O)c2C)n1. The first kappa shape index (κ1) is 16.9. The van der Waals surface area contributed by atoms with Gasteiger partial charge in [0.05, 0.1) is 0 Å². The molecule has 0 saturated heterocycles. The van der Waals surface area contributed by atoms with Crippen molar-refractivity contribution in [3.63, 3.8) is 0 Å². The number of aryl methyl sites for hydroxylation is 2. The number of carbonyl (C=O) groups is 2. The molecule has 2 aromatic heterocycles. The second-order valence-electron chi connectivity index (χ2n) is 5.53. The highest BCUT2D eigenvalue weighted by Gasteiger charge is 2.24. The molecule has 124 valence electrons. The van der Waals surface area contributed by atoms with Crippen LogP contribution in [0.15, 0.2) is 4.52 Å². The van der Waals surface area contributed by atoms with E-state index in [0.29, 0.717) is 29.1 Å². The van der Waals surface area contributed by atoms with E-state index in [1.807, 2.05) is 6.92 Å². The average Bonchev–Trinajstić information content (AvgIpc) is 3.04. The van der Waals surface area contributed by atoms with E-state index in [-0.39, 0.29) is 17.4 Å². The summed E-state index contributed by atoms with van der Waals surface area (Å²) in [5.74, 6) is 0.205. The molecule has 7 heteroatoms. The number of H-pyrrole nitrogens is 1. The van der Waals surface area contributed by atoms with Gasteiger partial charge in [-0.05, 0) is 39.7 Å². The molecule has 0 aliphatic carbocycles. The van der Waals surface area contributed by atoms with Crippen molar-refractivity contribution in [1.82, 2.24) is 15.1 Å². The van der Waals surface area contributed by atoms with Gasteiger partial charge in [0.15, 0.2) is 17.7 Å². The molecular weight excluding hydrogens is 298 g/mol. The molecule has 1 atom stereocenters. The minimum absolute atomic E-state index is 0.0931. The molecular formula is C16H21N3O4. The van der Waals surface area contributed by atoms with Crippen LogP contribution in [0.3, 0.4) is 0 Å². The van der Waals surface area contributed by atoms with Gasteiger partial charge >= 0.3 is 5.97 Å². The van der Waals surface area contributed by atoms with E-state index < -0.39 is 12.1 Å². The molecule has 0 aliphatic heterocycles. The van der Waals surface area contributed by atoms with Crippen molar-refractivity contribution in [3.8, 4) is 0 Å². The van der Waals surface area contributed by atoms with Crippen molar-refractivity contribution in [2.75, 3.05) is 0 Å². The summed E-state index contributed by atoms with van der Waals surface area (Å²) >= 11 is 0. The van der Waals surface area contributed by atoms with Crippen LogP contribution in [-0.4, -0.2) is 26.9 Å². The molecule has 2 rings (SSSR count). The summed E-state index contributed by atoms with van der Waals surface area (Å²) in [7, 11) is 0. The summed E-state index contributed by atoms with van der Waals surface area (Å²) in [6, 6.07) is 0. The highest BCUT2D eigenvalue weighted by molar-refractivity contribution is 6.01. The minimum Gasteiger partial charge on any atom is -0.448 e. The first-order valence-electron chi connectivity index (χ1n) is 7.58. The lowest BCUT2D eigenvalue weighted by Crippen LogP contribution is -2.11. The van der Waals surface area contributed by atoms with Crippen LogP contribution in [0.4, 0.5) is 0 Å². The van der Waals surface area contributed by atoms with Crippen LogP contribution >= 0.6 is 0 Å². The molecule has 7 nitrogen and oxygen atoms in total. The van der Waals surface area contributed by atoms with Crippen LogP contribution in [0.1, 0.15) is 77.1 Å². The minimum atomic E-state index is -0.663. The van der Waals surface area contributed by atoms with Crippen LogP contribution < -0.4 is 0 Å². The standard InChI is InChI=1S/C16H21N3O4/c1-6-7-12-18-15(23-19-12)11(5)22-16(21)14-8(2)13(10(4)20)9(3)17-14/h11,17H,6-7H2,1-5H3/t11-/m0/s1. The number of aromatic amines is 1. The normalized spacial score (nSPS) is 12.2. The number of rotatable bonds is 6. The quantitative estimate of drug-likeness (QED) is 0.649. The van der Waals surface area contributed by atoms with Gasteiger partial charge in [-0.25, -0.2) is 4.79 Å². The Morgan fingerprint density at radius 3 is 2.61 bits per heavy atom.